The van der Waals surface area contributed by atoms with Gasteiger partial charge in [-0.15, -0.1) is 23.5 Å². The molecule has 1 unspecified atom stereocenters. The molecule has 0 spiro atoms. The van der Waals surface area contributed by atoms with Gasteiger partial charge in [-0.1, -0.05) is 18.2 Å². The van der Waals surface area contributed by atoms with Crippen LogP contribution in [0.1, 0.15) is 47.3 Å². The van der Waals surface area contributed by atoms with Crippen LogP contribution in [0.4, 0.5) is 23.2 Å². The second kappa shape index (κ2) is 11.0. The highest BCUT2D eigenvalue weighted by molar-refractivity contribution is 8.20. The molecule has 216 valence electrons. The predicted octanol–water partition coefficient (Wildman–Crippen LogP) is 7.02. The first-order chi connectivity index (χ1) is 19.6. The second-order valence-corrected chi connectivity index (χ2v) is 13.5. The second-order valence-electron chi connectivity index (χ2n) is 10.6. The number of hydrogen-bond acceptors (Lipinski definition) is 6. The number of benzene rings is 1. The molecule has 1 saturated carbocycles. The number of nitrogens with one attached hydrogen (secondary N) is 2. The molecule has 1 atom stereocenters. The van der Waals surface area contributed by atoms with Gasteiger partial charge in [0.15, 0.2) is 5.65 Å². The number of aryl methyl sites for hydroxylation is 1. The van der Waals surface area contributed by atoms with Crippen LogP contribution in [0.5, 0.6) is 0 Å². The predicted molar refractivity (Wildman–Crippen MR) is 156 cm³/mol. The summed E-state index contributed by atoms with van der Waals surface area (Å²) >= 11 is 3.38. The molecule has 6 rings (SSSR count). The van der Waals surface area contributed by atoms with Gasteiger partial charge in [0.2, 0.25) is 0 Å². The lowest BCUT2D eigenvalue weighted by atomic mass is 9.93. The zero-order valence-electron chi connectivity index (χ0n) is 22.3. The minimum absolute atomic E-state index is 0.106. The van der Waals surface area contributed by atoms with Crippen molar-refractivity contribution in [3.8, 4) is 11.3 Å². The van der Waals surface area contributed by atoms with Crippen LogP contribution < -0.4 is 10.6 Å². The summed E-state index contributed by atoms with van der Waals surface area (Å²) in [5, 5.41) is 11.0. The lowest BCUT2D eigenvalue weighted by Crippen LogP contribution is -2.29. The van der Waals surface area contributed by atoms with Gasteiger partial charge >= 0.3 is 6.18 Å². The highest BCUT2D eigenvalue weighted by Gasteiger charge is 2.46. The van der Waals surface area contributed by atoms with Crippen LogP contribution in [0.25, 0.3) is 16.9 Å². The quantitative estimate of drug-likeness (QED) is 0.270. The minimum Gasteiger partial charge on any atom is -0.382 e. The number of thioether (sulfide) groups is 2. The van der Waals surface area contributed by atoms with Crippen molar-refractivity contribution >= 4 is 40.8 Å². The number of allylic oxidation sites excluding steroid dienone is 4. The number of fused-ring (bicyclic) bond motifs is 1. The Bertz CT molecular complexity index is 1540. The Hall–Kier alpha value is -2.99. The van der Waals surface area contributed by atoms with E-state index in [1.165, 1.54) is 6.08 Å². The fourth-order valence-electron chi connectivity index (χ4n) is 5.25. The van der Waals surface area contributed by atoms with Crippen molar-refractivity contribution in [2.75, 3.05) is 23.4 Å². The molecule has 0 bridgehead atoms. The van der Waals surface area contributed by atoms with Crippen molar-refractivity contribution in [1.82, 2.24) is 19.9 Å². The molecule has 6 nitrogen and oxygen atoms in total. The maximum absolute atomic E-state index is 14.4. The maximum Gasteiger partial charge on any atom is 0.390 e. The SMILES string of the molecule is Cc1cc(-c2cnc3c(NCCC(F)(F)F)cc(C4(C5C=CC=C(F)C5)SCCS4)nn23)ccc1C(=O)NC1CC1. The van der Waals surface area contributed by atoms with E-state index < -0.39 is 16.7 Å². The number of carbonyl (C=O) groups excluding carboxylic acids is 1. The number of imidazole rings is 1. The summed E-state index contributed by atoms with van der Waals surface area (Å²) < 4.78 is 54.5. The molecule has 3 heterocycles. The average molecular weight is 604 g/mol. The third-order valence-electron chi connectivity index (χ3n) is 7.47. The first kappa shape index (κ1) is 28.1. The molecule has 12 heteroatoms. The fraction of sp³-hybridized carbons (Fsp3) is 0.414. The van der Waals surface area contributed by atoms with Gasteiger partial charge in [0.05, 0.1) is 29.7 Å². The normalized spacial score (nSPS) is 20.3. The number of aromatic nitrogens is 3. The number of carbonyl (C=O) groups is 1. The maximum atomic E-state index is 14.4. The molecule has 3 aromatic rings. The molecule has 2 fully saturated rings. The van der Waals surface area contributed by atoms with Crippen molar-refractivity contribution in [2.45, 2.75) is 48.9 Å². The van der Waals surface area contributed by atoms with Crippen molar-refractivity contribution in [3.05, 3.63) is 71.3 Å². The van der Waals surface area contributed by atoms with E-state index in [2.05, 4.69) is 15.6 Å². The number of anilines is 1. The molecule has 1 amide bonds. The van der Waals surface area contributed by atoms with E-state index in [0.717, 1.165) is 35.5 Å². The van der Waals surface area contributed by atoms with Crippen molar-refractivity contribution in [1.29, 1.82) is 0 Å². The van der Waals surface area contributed by atoms with Gasteiger partial charge in [-0.2, -0.15) is 18.3 Å². The van der Waals surface area contributed by atoms with Crippen LogP contribution in [0.3, 0.4) is 0 Å². The lowest BCUT2D eigenvalue weighted by Gasteiger charge is -2.34. The van der Waals surface area contributed by atoms with E-state index in [9.17, 15) is 22.4 Å². The summed E-state index contributed by atoms with van der Waals surface area (Å²) in [5.41, 5.74) is 4.28. The first-order valence-corrected chi connectivity index (χ1v) is 15.5. The van der Waals surface area contributed by atoms with E-state index in [4.69, 9.17) is 5.10 Å². The number of halogens is 4. The third kappa shape index (κ3) is 5.86. The number of hydrogen-bond donors (Lipinski definition) is 2. The Balaban J connectivity index is 1.43. The van der Waals surface area contributed by atoms with Gasteiger partial charge in [0.1, 0.15) is 9.91 Å². The number of alkyl halides is 3. The van der Waals surface area contributed by atoms with Crippen molar-refractivity contribution in [2.24, 2.45) is 5.92 Å². The molecule has 1 saturated heterocycles. The smallest absolute Gasteiger partial charge is 0.382 e. The van der Waals surface area contributed by atoms with Gasteiger partial charge < -0.3 is 10.6 Å². The Morgan fingerprint density at radius 2 is 1.98 bits per heavy atom. The van der Waals surface area contributed by atoms with Gasteiger partial charge in [-0.3, -0.25) is 4.79 Å². The topological polar surface area (TPSA) is 71.3 Å². The van der Waals surface area contributed by atoms with E-state index in [1.54, 1.807) is 52.4 Å². The highest BCUT2D eigenvalue weighted by atomic mass is 32.2. The third-order valence-corrected chi connectivity index (χ3v) is 11.1. The molecule has 2 aliphatic carbocycles. The van der Waals surface area contributed by atoms with Crippen LogP contribution in [-0.2, 0) is 4.08 Å². The molecular formula is C29H29F4N5OS2. The van der Waals surface area contributed by atoms with Gasteiger partial charge in [0, 0.05) is 47.6 Å². The zero-order valence-corrected chi connectivity index (χ0v) is 23.9. The Morgan fingerprint density at radius 3 is 2.66 bits per heavy atom. The minimum atomic E-state index is -4.31. The number of rotatable bonds is 8. The van der Waals surface area contributed by atoms with Crippen molar-refractivity contribution < 1.29 is 22.4 Å². The molecule has 41 heavy (non-hydrogen) atoms. The molecule has 3 aliphatic rings. The van der Waals surface area contributed by atoms with Crippen LogP contribution in [0.2, 0.25) is 0 Å². The van der Waals surface area contributed by atoms with Crippen molar-refractivity contribution in [3.63, 3.8) is 0 Å². The van der Waals surface area contributed by atoms with E-state index >= 15 is 0 Å². The molecule has 2 aromatic heterocycles. The molecule has 1 aliphatic heterocycles. The monoisotopic (exact) mass is 603 g/mol. The summed E-state index contributed by atoms with van der Waals surface area (Å²) in [5.74, 6) is 1.19. The van der Waals surface area contributed by atoms with Gasteiger partial charge in [-0.25, -0.2) is 13.9 Å². The summed E-state index contributed by atoms with van der Waals surface area (Å²) in [7, 11) is 0. The lowest BCUT2D eigenvalue weighted by molar-refractivity contribution is -0.131. The van der Waals surface area contributed by atoms with Gasteiger partial charge in [-0.05, 0) is 49.6 Å². The van der Waals surface area contributed by atoms with E-state index in [-0.39, 0.29) is 36.7 Å². The molecule has 2 N–H and O–H groups in total. The summed E-state index contributed by atoms with van der Waals surface area (Å²) in [4.78, 5) is 17.2. The zero-order chi connectivity index (χ0) is 28.8. The summed E-state index contributed by atoms with van der Waals surface area (Å²) in [6, 6.07) is 7.53. The highest BCUT2D eigenvalue weighted by Crippen LogP contribution is 2.59. The average Bonchev–Trinajstić information content (AvgIpc) is 3.41. The molecule has 0 radical (unpaired) electrons. The Kier molecular flexibility index (Phi) is 7.56. The Labute approximate surface area is 243 Å². The standard InChI is InChI=1S/C29H29F4N5OS2/c1-17-13-18(5-8-22(17)27(39)36-21-6-7-21)24-16-35-26-23(34-10-9-28(31,32)33)15-25(37-38(24)26)29(40-11-12-41-29)19-3-2-4-20(30)14-19/h2-5,8,13,15-16,19,21,34H,6-7,9-12,14H2,1H3,(H,36,39). The van der Waals surface area contributed by atoms with Crippen LogP contribution in [-0.4, -0.2) is 50.8 Å². The van der Waals surface area contributed by atoms with Crippen LogP contribution >= 0.6 is 23.5 Å². The van der Waals surface area contributed by atoms with Gasteiger partial charge in [0.25, 0.3) is 5.91 Å². The first-order valence-electron chi connectivity index (χ1n) is 13.6. The fourth-order valence-corrected chi connectivity index (χ4v) is 8.61. The van der Waals surface area contributed by atoms with E-state index in [0.29, 0.717) is 28.3 Å². The largest absolute Gasteiger partial charge is 0.390 e. The van der Waals surface area contributed by atoms with Crippen LogP contribution in [0.15, 0.2) is 54.5 Å². The Morgan fingerprint density at radius 1 is 1.20 bits per heavy atom. The molecule has 1 aromatic carbocycles. The number of nitrogens with zero attached hydrogens (tertiary/aromatic N) is 3. The number of amides is 1. The summed E-state index contributed by atoms with van der Waals surface area (Å²) in [6.07, 6.45) is 3.73. The summed E-state index contributed by atoms with van der Waals surface area (Å²) in [6.45, 7) is 1.55. The van der Waals surface area contributed by atoms with E-state index in [1.807, 2.05) is 25.1 Å². The molecular weight excluding hydrogens is 574 g/mol. The van der Waals surface area contributed by atoms with Crippen LogP contribution in [0, 0.1) is 12.8 Å².